The van der Waals surface area contributed by atoms with Crippen LogP contribution in [0.15, 0.2) is 59.5 Å². The number of sulfonamides is 1. The molecule has 0 aromatic heterocycles. The van der Waals surface area contributed by atoms with Crippen LogP contribution in [0.3, 0.4) is 0 Å². The Morgan fingerprint density at radius 2 is 1.76 bits per heavy atom. The third kappa shape index (κ3) is 6.74. The number of benzene rings is 2. The SMILES string of the molecule is CCCCOc1cccc(C(F)(F)CNCC(=O)N2CCN(S(=O)(=O)c3ccccc3)CC2)c1. The summed E-state index contributed by atoms with van der Waals surface area (Å²) in [6, 6.07) is 13.9. The van der Waals surface area contributed by atoms with Gasteiger partial charge in [0.2, 0.25) is 15.9 Å². The molecule has 0 atom stereocenters. The van der Waals surface area contributed by atoms with E-state index in [1.54, 1.807) is 24.3 Å². The maximum absolute atomic E-state index is 14.6. The Morgan fingerprint density at radius 3 is 2.44 bits per heavy atom. The zero-order chi connectivity index (χ0) is 24.6. The van der Waals surface area contributed by atoms with Crippen LogP contribution in [0.5, 0.6) is 5.75 Å². The highest BCUT2D eigenvalue weighted by molar-refractivity contribution is 7.89. The molecule has 34 heavy (non-hydrogen) atoms. The molecular weight excluding hydrogens is 464 g/mol. The minimum Gasteiger partial charge on any atom is -0.494 e. The lowest BCUT2D eigenvalue weighted by molar-refractivity contribution is -0.131. The molecule has 2 aromatic rings. The molecule has 1 amide bonds. The van der Waals surface area contributed by atoms with Gasteiger partial charge < -0.3 is 15.0 Å². The third-order valence-electron chi connectivity index (χ3n) is 5.62. The Bertz CT molecular complexity index is 1040. The Kier molecular flexibility index (Phi) is 8.98. The van der Waals surface area contributed by atoms with Gasteiger partial charge >= 0.3 is 0 Å². The topological polar surface area (TPSA) is 79.0 Å². The minimum atomic E-state index is -3.62. The van der Waals surface area contributed by atoms with Gasteiger partial charge in [0.1, 0.15) is 5.75 Å². The van der Waals surface area contributed by atoms with Gasteiger partial charge in [-0.3, -0.25) is 4.79 Å². The number of alkyl halides is 2. The molecule has 1 fully saturated rings. The van der Waals surface area contributed by atoms with Crippen molar-refractivity contribution in [2.75, 3.05) is 45.9 Å². The summed E-state index contributed by atoms with van der Waals surface area (Å²) >= 11 is 0. The van der Waals surface area contributed by atoms with Crippen LogP contribution in [0.1, 0.15) is 25.3 Å². The maximum Gasteiger partial charge on any atom is 0.285 e. The van der Waals surface area contributed by atoms with Crippen molar-refractivity contribution in [1.29, 1.82) is 0 Å². The zero-order valence-electron chi connectivity index (χ0n) is 19.3. The van der Waals surface area contributed by atoms with E-state index in [4.69, 9.17) is 4.74 Å². The van der Waals surface area contributed by atoms with Gasteiger partial charge in [-0.1, -0.05) is 43.7 Å². The minimum absolute atomic E-state index is 0.157. The van der Waals surface area contributed by atoms with Gasteiger partial charge in [-0.2, -0.15) is 13.1 Å². The lowest BCUT2D eigenvalue weighted by Gasteiger charge is -2.34. The van der Waals surface area contributed by atoms with Crippen molar-refractivity contribution in [2.24, 2.45) is 0 Å². The van der Waals surface area contributed by atoms with Crippen LogP contribution in [0.2, 0.25) is 0 Å². The summed E-state index contributed by atoms with van der Waals surface area (Å²) in [7, 11) is -3.62. The predicted molar refractivity (Wildman–Crippen MR) is 125 cm³/mol. The summed E-state index contributed by atoms with van der Waals surface area (Å²) in [5.41, 5.74) is -0.179. The Morgan fingerprint density at radius 1 is 1.06 bits per heavy atom. The van der Waals surface area contributed by atoms with E-state index in [9.17, 15) is 22.0 Å². The highest BCUT2D eigenvalue weighted by Gasteiger charge is 2.33. The molecule has 3 rings (SSSR count). The number of piperazine rings is 1. The number of unbranched alkanes of at least 4 members (excludes halogenated alkanes) is 1. The molecule has 0 radical (unpaired) electrons. The van der Waals surface area contributed by atoms with Crippen molar-refractivity contribution in [3.63, 3.8) is 0 Å². The first kappa shape index (κ1) is 26.1. The largest absolute Gasteiger partial charge is 0.494 e. The van der Waals surface area contributed by atoms with E-state index >= 15 is 0 Å². The average molecular weight is 496 g/mol. The van der Waals surface area contributed by atoms with E-state index in [2.05, 4.69) is 5.32 Å². The van der Waals surface area contributed by atoms with E-state index in [1.807, 2.05) is 6.92 Å². The summed E-state index contributed by atoms with van der Waals surface area (Å²) < 4.78 is 61.5. The lowest BCUT2D eigenvalue weighted by atomic mass is 10.1. The number of nitrogens with one attached hydrogen (secondary N) is 1. The standard InChI is InChI=1S/C24H31F2N3O4S/c1-2-3-16-33-21-9-7-8-20(17-21)24(25,26)19-27-18-23(30)28-12-14-29(15-13-28)34(31,32)22-10-5-4-6-11-22/h4-11,17,27H,2-3,12-16,18-19H2,1H3. The Balaban J connectivity index is 1.47. The number of hydrogen-bond acceptors (Lipinski definition) is 5. The van der Waals surface area contributed by atoms with Crippen molar-refractivity contribution in [2.45, 2.75) is 30.6 Å². The van der Waals surface area contributed by atoms with Crippen molar-refractivity contribution in [3.05, 3.63) is 60.2 Å². The number of halogens is 2. The van der Waals surface area contributed by atoms with Crippen LogP contribution in [-0.2, 0) is 20.7 Å². The van der Waals surface area contributed by atoms with E-state index in [0.29, 0.717) is 12.4 Å². The van der Waals surface area contributed by atoms with Crippen molar-refractivity contribution in [1.82, 2.24) is 14.5 Å². The third-order valence-corrected chi connectivity index (χ3v) is 7.53. The van der Waals surface area contributed by atoms with Crippen LogP contribution in [0.4, 0.5) is 8.78 Å². The summed E-state index contributed by atoms with van der Waals surface area (Å²) in [6.45, 7) is 2.27. The maximum atomic E-state index is 14.6. The molecule has 0 spiro atoms. The molecule has 1 N–H and O–H groups in total. The number of amides is 1. The number of ether oxygens (including phenoxy) is 1. The highest BCUT2D eigenvalue weighted by atomic mass is 32.2. The number of rotatable bonds is 11. The summed E-state index contributed by atoms with van der Waals surface area (Å²) in [5, 5.41) is 2.55. The summed E-state index contributed by atoms with van der Waals surface area (Å²) in [4.78, 5) is 14.2. The molecule has 1 aliphatic heterocycles. The van der Waals surface area contributed by atoms with Gasteiger partial charge in [-0.05, 0) is 30.7 Å². The van der Waals surface area contributed by atoms with Gasteiger partial charge in [0.15, 0.2) is 0 Å². The molecule has 1 aliphatic rings. The van der Waals surface area contributed by atoms with Crippen LogP contribution < -0.4 is 10.1 Å². The Labute approximate surface area is 199 Å². The fourth-order valence-electron chi connectivity index (χ4n) is 3.61. The highest BCUT2D eigenvalue weighted by Crippen LogP contribution is 2.29. The molecule has 2 aromatic carbocycles. The van der Waals surface area contributed by atoms with Gasteiger partial charge in [-0.25, -0.2) is 8.42 Å². The number of carbonyl (C=O) groups is 1. The first-order valence-corrected chi connectivity index (χ1v) is 12.8. The molecule has 7 nitrogen and oxygen atoms in total. The fourth-order valence-corrected chi connectivity index (χ4v) is 5.05. The van der Waals surface area contributed by atoms with Gasteiger partial charge in [0.05, 0.1) is 24.6 Å². The normalized spacial score (nSPS) is 15.3. The molecule has 0 saturated carbocycles. The van der Waals surface area contributed by atoms with E-state index in [-0.39, 0.29) is 49.1 Å². The number of carbonyl (C=O) groups excluding carboxylic acids is 1. The zero-order valence-corrected chi connectivity index (χ0v) is 20.1. The molecule has 0 bridgehead atoms. The Hall–Kier alpha value is -2.56. The van der Waals surface area contributed by atoms with E-state index in [1.165, 1.54) is 39.5 Å². The van der Waals surface area contributed by atoms with Crippen LogP contribution in [0.25, 0.3) is 0 Å². The van der Waals surface area contributed by atoms with Crippen molar-refractivity contribution in [3.8, 4) is 5.75 Å². The summed E-state index contributed by atoms with van der Waals surface area (Å²) in [5.74, 6) is -3.12. The second-order valence-electron chi connectivity index (χ2n) is 8.14. The summed E-state index contributed by atoms with van der Waals surface area (Å²) in [6.07, 6.45) is 1.79. The smallest absolute Gasteiger partial charge is 0.285 e. The van der Waals surface area contributed by atoms with Crippen molar-refractivity contribution >= 4 is 15.9 Å². The van der Waals surface area contributed by atoms with E-state index < -0.39 is 22.5 Å². The van der Waals surface area contributed by atoms with E-state index in [0.717, 1.165) is 12.8 Å². The molecule has 186 valence electrons. The first-order chi connectivity index (χ1) is 16.2. The fraction of sp³-hybridized carbons (Fsp3) is 0.458. The predicted octanol–water partition coefficient (Wildman–Crippen LogP) is 3.08. The van der Waals surface area contributed by atoms with Crippen molar-refractivity contribution < 1.29 is 26.7 Å². The molecule has 1 heterocycles. The molecule has 0 aliphatic carbocycles. The van der Waals surface area contributed by atoms with Gasteiger partial charge in [0.25, 0.3) is 5.92 Å². The quantitative estimate of drug-likeness (QED) is 0.485. The van der Waals surface area contributed by atoms with Gasteiger partial charge in [-0.15, -0.1) is 0 Å². The second kappa shape index (κ2) is 11.7. The first-order valence-electron chi connectivity index (χ1n) is 11.4. The van der Waals surface area contributed by atoms with Crippen LogP contribution >= 0.6 is 0 Å². The monoisotopic (exact) mass is 495 g/mol. The number of hydrogen-bond donors (Lipinski definition) is 1. The van der Waals surface area contributed by atoms with Crippen LogP contribution in [0, 0.1) is 0 Å². The molecule has 1 saturated heterocycles. The lowest BCUT2D eigenvalue weighted by Crippen LogP contribution is -2.52. The molecule has 0 unspecified atom stereocenters. The second-order valence-corrected chi connectivity index (χ2v) is 10.1. The number of nitrogens with zero attached hydrogens (tertiary/aromatic N) is 2. The molecule has 10 heteroatoms. The van der Waals surface area contributed by atoms with Crippen LogP contribution in [-0.4, -0.2) is 69.4 Å². The molecular formula is C24H31F2N3O4S. The van der Waals surface area contributed by atoms with Gasteiger partial charge in [0, 0.05) is 31.7 Å². The average Bonchev–Trinajstić information content (AvgIpc) is 2.85.